The maximum absolute atomic E-state index is 12.8. The zero-order valence-corrected chi connectivity index (χ0v) is 18.4. The predicted octanol–water partition coefficient (Wildman–Crippen LogP) is 4.32. The molecule has 2 heterocycles. The minimum atomic E-state index is -3.48. The van der Waals surface area contributed by atoms with E-state index in [0.29, 0.717) is 18.8 Å². The fourth-order valence-electron chi connectivity index (χ4n) is 3.61. The van der Waals surface area contributed by atoms with E-state index < -0.39 is 15.6 Å². The zero-order chi connectivity index (χ0) is 21.1. The molecule has 1 aromatic heterocycles. The molecule has 0 saturated carbocycles. The maximum Gasteiger partial charge on any atom is 0.212 e. The highest BCUT2D eigenvalue weighted by atomic mass is 32.2. The van der Waals surface area contributed by atoms with Crippen molar-refractivity contribution in [2.75, 3.05) is 12.9 Å². The van der Waals surface area contributed by atoms with E-state index in [-0.39, 0.29) is 12.6 Å². The summed E-state index contributed by atoms with van der Waals surface area (Å²) in [7, 11) is -3.48. The normalized spacial score (nSPS) is 18.2. The van der Waals surface area contributed by atoms with Gasteiger partial charge in [-0.15, -0.1) is 0 Å². The lowest BCUT2D eigenvalue weighted by Gasteiger charge is -2.41. The van der Waals surface area contributed by atoms with Crippen molar-refractivity contribution in [3.63, 3.8) is 0 Å². The summed E-state index contributed by atoms with van der Waals surface area (Å²) in [6.45, 7) is 6.98. The van der Waals surface area contributed by atoms with Crippen molar-refractivity contribution in [1.29, 1.82) is 0 Å². The second kappa shape index (κ2) is 8.71. The molecular weight excluding hydrogens is 388 g/mol. The fraction of sp³-hybridized carbons (Fsp3) is 0.500. The first-order chi connectivity index (χ1) is 13.7. The third-order valence-corrected chi connectivity index (χ3v) is 6.25. The number of unbranched alkanes of at least 4 members (excludes halogenated alkanes) is 1. The molecule has 1 aromatic carbocycles. The molecule has 0 radical (unpaired) electrons. The molecular formula is C22H30N2O4S. The number of hydrogen-bond donors (Lipinski definition) is 0. The number of rotatable bonds is 8. The van der Waals surface area contributed by atoms with Crippen molar-refractivity contribution in [3.8, 4) is 11.5 Å². The van der Waals surface area contributed by atoms with E-state index in [9.17, 15) is 8.42 Å². The first-order valence-corrected chi connectivity index (χ1v) is 11.9. The standard InChI is InChI=1S/C22H30N2O4S/c1-5-6-12-27-18-9-10-21-19(13-18)20(14-22(2,3)28-21)24(29(4,25)26)16-17-8-7-11-23-15-17/h7-11,13,15,20H,5-6,12,14,16H2,1-4H3. The number of fused-ring (bicyclic) bond motifs is 1. The van der Waals surface area contributed by atoms with Gasteiger partial charge >= 0.3 is 0 Å². The van der Waals surface area contributed by atoms with Gasteiger partial charge in [-0.1, -0.05) is 19.4 Å². The highest BCUT2D eigenvalue weighted by Crippen LogP contribution is 2.45. The van der Waals surface area contributed by atoms with Crippen LogP contribution in [0.3, 0.4) is 0 Å². The Bertz CT molecular complexity index is 929. The molecule has 0 N–H and O–H groups in total. The zero-order valence-electron chi connectivity index (χ0n) is 17.6. The molecule has 6 nitrogen and oxygen atoms in total. The van der Waals surface area contributed by atoms with E-state index in [4.69, 9.17) is 9.47 Å². The third kappa shape index (κ3) is 5.48. The third-order valence-electron chi connectivity index (χ3n) is 5.01. The Balaban J connectivity index is 2.00. The van der Waals surface area contributed by atoms with Crippen molar-refractivity contribution < 1.29 is 17.9 Å². The van der Waals surface area contributed by atoms with Crippen LogP contribution in [0.2, 0.25) is 0 Å². The van der Waals surface area contributed by atoms with Gasteiger partial charge < -0.3 is 9.47 Å². The minimum Gasteiger partial charge on any atom is -0.494 e. The van der Waals surface area contributed by atoms with E-state index in [0.717, 1.165) is 29.7 Å². The lowest BCUT2D eigenvalue weighted by molar-refractivity contribution is 0.0489. The second-order valence-electron chi connectivity index (χ2n) is 8.15. The van der Waals surface area contributed by atoms with Gasteiger partial charge in [0.25, 0.3) is 0 Å². The van der Waals surface area contributed by atoms with Gasteiger partial charge in [-0.25, -0.2) is 8.42 Å². The smallest absolute Gasteiger partial charge is 0.212 e. The van der Waals surface area contributed by atoms with Gasteiger partial charge in [-0.05, 0) is 50.1 Å². The van der Waals surface area contributed by atoms with Crippen LogP contribution >= 0.6 is 0 Å². The molecule has 1 atom stereocenters. The number of aromatic nitrogens is 1. The second-order valence-corrected chi connectivity index (χ2v) is 10.1. The molecule has 7 heteroatoms. The van der Waals surface area contributed by atoms with E-state index in [1.807, 2.05) is 44.2 Å². The van der Waals surface area contributed by atoms with Crippen molar-refractivity contribution >= 4 is 10.0 Å². The molecule has 1 unspecified atom stereocenters. The summed E-state index contributed by atoms with van der Waals surface area (Å²) in [6.07, 6.45) is 7.21. The summed E-state index contributed by atoms with van der Waals surface area (Å²) in [4.78, 5) is 4.13. The van der Waals surface area contributed by atoms with Crippen LogP contribution in [0, 0.1) is 0 Å². The topological polar surface area (TPSA) is 68.7 Å². The SMILES string of the molecule is CCCCOc1ccc2c(c1)C(N(Cc1cccnc1)S(C)(=O)=O)CC(C)(C)O2. The largest absolute Gasteiger partial charge is 0.494 e. The Morgan fingerprint density at radius 3 is 2.76 bits per heavy atom. The van der Waals surface area contributed by atoms with Crippen LogP contribution in [0.5, 0.6) is 11.5 Å². The Labute approximate surface area is 173 Å². The van der Waals surface area contributed by atoms with Gasteiger partial charge in [0.05, 0.1) is 18.9 Å². The summed E-state index contributed by atoms with van der Waals surface area (Å²) >= 11 is 0. The fourth-order valence-corrected chi connectivity index (χ4v) is 4.64. The Hall–Kier alpha value is -2.12. The van der Waals surface area contributed by atoms with Crippen LogP contribution in [0.15, 0.2) is 42.7 Å². The Morgan fingerprint density at radius 2 is 2.10 bits per heavy atom. The first kappa shape index (κ1) is 21.6. The average molecular weight is 419 g/mol. The number of sulfonamides is 1. The molecule has 0 fully saturated rings. The van der Waals surface area contributed by atoms with Crippen LogP contribution in [0.4, 0.5) is 0 Å². The van der Waals surface area contributed by atoms with E-state index in [1.165, 1.54) is 6.26 Å². The quantitative estimate of drug-likeness (QED) is 0.597. The molecule has 0 amide bonds. The molecule has 3 rings (SSSR count). The first-order valence-electron chi connectivity index (χ1n) is 10.0. The predicted molar refractivity (Wildman–Crippen MR) is 114 cm³/mol. The monoisotopic (exact) mass is 418 g/mol. The molecule has 1 aliphatic rings. The Kier molecular flexibility index (Phi) is 6.49. The molecule has 0 aliphatic carbocycles. The lowest BCUT2D eigenvalue weighted by Crippen LogP contribution is -2.43. The maximum atomic E-state index is 12.8. The van der Waals surface area contributed by atoms with E-state index >= 15 is 0 Å². The molecule has 158 valence electrons. The van der Waals surface area contributed by atoms with Crippen LogP contribution in [0.25, 0.3) is 0 Å². The van der Waals surface area contributed by atoms with Crippen molar-refractivity contribution in [2.45, 2.75) is 58.2 Å². The van der Waals surface area contributed by atoms with E-state index in [1.54, 1.807) is 16.7 Å². The van der Waals surface area contributed by atoms with Crippen molar-refractivity contribution in [2.24, 2.45) is 0 Å². The highest BCUT2D eigenvalue weighted by Gasteiger charge is 2.40. The van der Waals surface area contributed by atoms with Crippen LogP contribution in [-0.2, 0) is 16.6 Å². The molecule has 29 heavy (non-hydrogen) atoms. The van der Waals surface area contributed by atoms with Crippen LogP contribution in [0.1, 0.15) is 57.2 Å². The van der Waals surface area contributed by atoms with Gasteiger partial charge in [0.15, 0.2) is 0 Å². The summed E-state index contributed by atoms with van der Waals surface area (Å²) in [5, 5.41) is 0. The molecule has 1 aliphatic heterocycles. The molecule has 0 spiro atoms. The lowest BCUT2D eigenvalue weighted by atomic mass is 9.89. The summed E-state index contributed by atoms with van der Waals surface area (Å²) in [5.74, 6) is 1.44. The van der Waals surface area contributed by atoms with Gasteiger partial charge in [-0.2, -0.15) is 4.31 Å². The van der Waals surface area contributed by atoms with Crippen molar-refractivity contribution in [3.05, 3.63) is 53.9 Å². The van der Waals surface area contributed by atoms with Gasteiger partial charge in [0.1, 0.15) is 17.1 Å². The minimum absolute atomic E-state index is 0.258. The van der Waals surface area contributed by atoms with Crippen LogP contribution < -0.4 is 9.47 Å². The number of ether oxygens (including phenoxy) is 2. The van der Waals surface area contributed by atoms with Gasteiger partial charge in [-0.3, -0.25) is 4.98 Å². The number of benzene rings is 1. The van der Waals surface area contributed by atoms with Gasteiger partial charge in [0.2, 0.25) is 10.0 Å². The Morgan fingerprint density at radius 1 is 1.31 bits per heavy atom. The highest BCUT2D eigenvalue weighted by molar-refractivity contribution is 7.88. The molecule has 2 aromatic rings. The number of nitrogens with zero attached hydrogens (tertiary/aromatic N) is 2. The summed E-state index contributed by atoms with van der Waals surface area (Å²) < 4.78 is 39.1. The van der Waals surface area contributed by atoms with E-state index in [2.05, 4.69) is 11.9 Å². The summed E-state index contributed by atoms with van der Waals surface area (Å²) in [5.41, 5.74) is 1.20. The number of hydrogen-bond acceptors (Lipinski definition) is 5. The number of pyridine rings is 1. The average Bonchev–Trinajstić information content (AvgIpc) is 2.65. The molecule has 0 bridgehead atoms. The van der Waals surface area contributed by atoms with Gasteiger partial charge in [0, 0.05) is 30.9 Å². The molecule has 0 saturated heterocycles. The van der Waals surface area contributed by atoms with Crippen molar-refractivity contribution in [1.82, 2.24) is 9.29 Å². The van der Waals surface area contributed by atoms with Crippen LogP contribution in [-0.4, -0.2) is 36.2 Å². The summed E-state index contributed by atoms with van der Waals surface area (Å²) in [6, 6.07) is 9.05.